The van der Waals surface area contributed by atoms with E-state index in [-0.39, 0.29) is 10.6 Å². The Hall–Kier alpha value is -1.23. The lowest BCUT2D eigenvalue weighted by Crippen LogP contribution is -2.10. The summed E-state index contributed by atoms with van der Waals surface area (Å²) in [7, 11) is 0. The molecule has 0 aliphatic heterocycles. The van der Waals surface area contributed by atoms with Gasteiger partial charge >= 0.3 is 0 Å². The van der Waals surface area contributed by atoms with Crippen molar-refractivity contribution in [2.24, 2.45) is 5.92 Å². The highest BCUT2D eigenvalue weighted by atomic mass is 32.1. The fraction of sp³-hybridized carbons (Fsp3) is 0.500. The van der Waals surface area contributed by atoms with Crippen molar-refractivity contribution in [3.8, 4) is 5.75 Å². The van der Waals surface area contributed by atoms with E-state index in [1.165, 1.54) is 0 Å². The van der Waals surface area contributed by atoms with Crippen LogP contribution in [0, 0.1) is 29.9 Å². The van der Waals surface area contributed by atoms with Crippen LogP contribution in [0.3, 0.4) is 0 Å². The normalized spacial score (nSPS) is 12.2. The minimum absolute atomic E-state index is 0.136. The summed E-state index contributed by atoms with van der Waals surface area (Å²) in [6.45, 7) is 6.14. The Morgan fingerprint density at radius 1 is 1.41 bits per heavy atom. The van der Waals surface area contributed by atoms with Crippen LogP contribution in [-0.2, 0) is 0 Å². The molecule has 1 aromatic rings. The highest BCUT2D eigenvalue weighted by Crippen LogP contribution is 2.27. The second-order valence-electron chi connectivity index (χ2n) is 4.26. The quantitative estimate of drug-likeness (QED) is 0.499. The Labute approximate surface area is 107 Å². The summed E-state index contributed by atoms with van der Waals surface area (Å²) in [6.07, 6.45) is 0. The van der Waals surface area contributed by atoms with Crippen molar-refractivity contribution in [2.75, 3.05) is 12.4 Å². The Morgan fingerprint density at radius 2 is 2.06 bits per heavy atom. The predicted molar refractivity (Wildman–Crippen MR) is 71.1 cm³/mol. The molecule has 1 rings (SSSR count). The Bertz CT molecular complexity index is 420. The topological polar surface area (TPSA) is 52.4 Å². The summed E-state index contributed by atoms with van der Waals surface area (Å²) in [5.74, 6) is 1.82. The van der Waals surface area contributed by atoms with Gasteiger partial charge in [0, 0.05) is 11.6 Å². The molecular formula is C12H17NO3S. The Balaban J connectivity index is 2.88. The molecule has 0 spiro atoms. The molecule has 0 aliphatic carbocycles. The zero-order valence-corrected chi connectivity index (χ0v) is 11.2. The maximum Gasteiger partial charge on any atom is 0.272 e. The van der Waals surface area contributed by atoms with Crippen LogP contribution in [0.1, 0.15) is 18.1 Å². The number of nitro groups is 1. The standard InChI is InChI=1S/C12H17NO3S/c1-8(7-17)6-16-12-5-9(2)11(13(14)15)4-10(12)3/h4-5,8,17H,6-7H2,1-3H3. The number of aryl methyl sites for hydroxylation is 2. The molecule has 0 heterocycles. The molecule has 94 valence electrons. The van der Waals surface area contributed by atoms with Crippen molar-refractivity contribution in [3.63, 3.8) is 0 Å². The molecule has 0 fully saturated rings. The SMILES string of the molecule is Cc1cc([N+](=O)[O-])c(C)cc1OCC(C)CS. The fourth-order valence-corrected chi connectivity index (χ4v) is 1.52. The number of nitro benzene ring substituents is 1. The average Bonchev–Trinajstić information content (AvgIpc) is 2.28. The second kappa shape index (κ2) is 5.91. The van der Waals surface area contributed by atoms with E-state index in [1.807, 2.05) is 13.8 Å². The van der Waals surface area contributed by atoms with Gasteiger partial charge in [-0.05, 0) is 37.1 Å². The molecule has 17 heavy (non-hydrogen) atoms. The molecule has 5 heteroatoms. The number of rotatable bonds is 5. The van der Waals surface area contributed by atoms with Gasteiger partial charge in [0.25, 0.3) is 5.69 Å². The van der Waals surface area contributed by atoms with E-state index < -0.39 is 0 Å². The number of hydrogen-bond acceptors (Lipinski definition) is 4. The van der Waals surface area contributed by atoms with E-state index in [2.05, 4.69) is 12.6 Å². The van der Waals surface area contributed by atoms with E-state index >= 15 is 0 Å². The minimum atomic E-state index is -0.373. The van der Waals surface area contributed by atoms with Gasteiger partial charge in [0.2, 0.25) is 0 Å². The molecule has 1 unspecified atom stereocenters. The van der Waals surface area contributed by atoms with Gasteiger partial charge in [-0.1, -0.05) is 6.92 Å². The van der Waals surface area contributed by atoms with Crippen LogP contribution < -0.4 is 4.74 Å². The van der Waals surface area contributed by atoms with Gasteiger partial charge in [-0.15, -0.1) is 0 Å². The van der Waals surface area contributed by atoms with E-state index in [1.54, 1.807) is 19.1 Å². The number of thiol groups is 1. The van der Waals surface area contributed by atoms with Crippen molar-refractivity contribution in [1.82, 2.24) is 0 Å². The molecule has 0 saturated heterocycles. The third kappa shape index (κ3) is 3.63. The lowest BCUT2D eigenvalue weighted by atomic mass is 10.1. The fourth-order valence-electron chi connectivity index (χ4n) is 1.41. The van der Waals surface area contributed by atoms with Crippen LogP contribution in [0.5, 0.6) is 5.75 Å². The molecule has 0 N–H and O–H groups in total. The minimum Gasteiger partial charge on any atom is -0.493 e. The van der Waals surface area contributed by atoms with Crippen LogP contribution in [0.4, 0.5) is 5.69 Å². The summed E-state index contributed by atoms with van der Waals surface area (Å²) in [4.78, 5) is 10.4. The van der Waals surface area contributed by atoms with Crippen molar-refractivity contribution in [1.29, 1.82) is 0 Å². The third-order valence-electron chi connectivity index (χ3n) is 2.53. The molecule has 0 aliphatic rings. The molecule has 0 saturated carbocycles. The molecule has 0 aromatic heterocycles. The van der Waals surface area contributed by atoms with Crippen molar-refractivity contribution in [2.45, 2.75) is 20.8 Å². The molecule has 0 bridgehead atoms. The smallest absolute Gasteiger partial charge is 0.272 e. The monoisotopic (exact) mass is 255 g/mol. The first-order chi connectivity index (χ1) is 7.95. The highest BCUT2D eigenvalue weighted by Gasteiger charge is 2.14. The first-order valence-electron chi connectivity index (χ1n) is 5.45. The van der Waals surface area contributed by atoms with Crippen molar-refractivity contribution in [3.05, 3.63) is 33.4 Å². The molecule has 1 atom stereocenters. The van der Waals surface area contributed by atoms with Crippen molar-refractivity contribution >= 4 is 18.3 Å². The van der Waals surface area contributed by atoms with Gasteiger partial charge in [0.1, 0.15) is 5.75 Å². The largest absolute Gasteiger partial charge is 0.493 e. The summed E-state index contributed by atoms with van der Waals surface area (Å²) in [5.41, 5.74) is 1.54. The van der Waals surface area contributed by atoms with E-state index in [9.17, 15) is 10.1 Å². The van der Waals surface area contributed by atoms with Gasteiger partial charge < -0.3 is 4.74 Å². The maximum absolute atomic E-state index is 10.8. The van der Waals surface area contributed by atoms with E-state index in [4.69, 9.17) is 4.74 Å². The first kappa shape index (κ1) is 13.8. The zero-order chi connectivity index (χ0) is 13.0. The van der Waals surface area contributed by atoms with Gasteiger partial charge in [-0.3, -0.25) is 10.1 Å². The van der Waals surface area contributed by atoms with Crippen LogP contribution in [0.2, 0.25) is 0 Å². The van der Waals surface area contributed by atoms with Gasteiger partial charge in [0.05, 0.1) is 11.5 Å². The number of benzene rings is 1. The maximum atomic E-state index is 10.8. The van der Waals surface area contributed by atoms with Gasteiger partial charge in [-0.2, -0.15) is 12.6 Å². The molecular weight excluding hydrogens is 238 g/mol. The molecule has 1 aromatic carbocycles. The lowest BCUT2D eigenvalue weighted by Gasteiger charge is -2.13. The number of hydrogen-bond donors (Lipinski definition) is 1. The molecule has 0 radical (unpaired) electrons. The van der Waals surface area contributed by atoms with Gasteiger partial charge in [0.15, 0.2) is 0 Å². The van der Waals surface area contributed by atoms with Crippen molar-refractivity contribution < 1.29 is 9.66 Å². The number of nitrogens with zero attached hydrogens (tertiary/aromatic N) is 1. The Kier molecular flexibility index (Phi) is 4.81. The summed E-state index contributed by atoms with van der Waals surface area (Å²) in [5, 5.41) is 10.8. The second-order valence-corrected chi connectivity index (χ2v) is 4.63. The molecule has 0 amide bonds. The zero-order valence-electron chi connectivity index (χ0n) is 10.3. The highest BCUT2D eigenvalue weighted by molar-refractivity contribution is 7.80. The van der Waals surface area contributed by atoms with E-state index in [0.29, 0.717) is 23.8 Å². The number of ether oxygens (including phenoxy) is 1. The van der Waals surface area contributed by atoms with Crippen LogP contribution in [0.25, 0.3) is 0 Å². The Morgan fingerprint density at radius 3 is 2.59 bits per heavy atom. The van der Waals surface area contributed by atoms with Gasteiger partial charge in [-0.25, -0.2) is 0 Å². The summed E-state index contributed by atoms with van der Waals surface area (Å²) in [6, 6.07) is 3.27. The van der Waals surface area contributed by atoms with Crippen LogP contribution >= 0.6 is 12.6 Å². The van der Waals surface area contributed by atoms with Crippen LogP contribution in [-0.4, -0.2) is 17.3 Å². The van der Waals surface area contributed by atoms with E-state index in [0.717, 1.165) is 11.3 Å². The molecule has 4 nitrogen and oxygen atoms in total. The lowest BCUT2D eigenvalue weighted by molar-refractivity contribution is -0.385. The van der Waals surface area contributed by atoms with Crippen LogP contribution in [0.15, 0.2) is 12.1 Å². The third-order valence-corrected chi connectivity index (χ3v) is 3.15. The average molecular weight is 255 g/mol. The first-order valence-corrected chi connectivity index (χ1v) is 6.08. The predicted octanol–water partition coefficient (Wildman–Crippen LogP) is 3.16. The summed E-state index contributed by atoms with van der Waals surface area (Å²) < 4.78 is 5.63. The summed E-state index contributed by atoms with van der Waals surface area (Å²) >= 11 is 4.18.